The molecule has 1 amide bonds. The van der Waals surface area contributed by atoms with Gasteiger partial charge in [0.2, 0.25) is 5.91 Å². The maximum absolute atomic E-state index is 11.7. The Hall–Kier alpha value is -1.08. The van der Waals surface area contributed by atoms with Crippen LogP contribution in [0, 0.1) is 11.3 Å². The fraction of sp³-hybridized carbons (Fsp3) is 0.800. The molecule has 1 fully saturated rings. The first kappa shape index (κ1) is 11.0. The van der Waals surface area contributed by atoms with Crippen LogP contribution in [0.25, 0.3) is 0 Å². The number of likely N-dealkylation sites (N-methyl/N-ethyl adjacent to an activating group) is 1. The average Bonchev–Trinajstić information content (AvgIpc) is 2.51. The molecule has 4 heteroatoms. The lowest BCUT2D eigenvalue weighted by atomic mass is 10.1. The van der Waals surface area contributed by atoms with Gasteiger partial charge < -0.3 is 5.32 Å². The van der Waals surface area contributed by atoms with Gasteiger partial charge in [0.25, 0.3) is 0 Å². The molecule has 0 spiro atoms. The second-order valence-corrected chi connectivity index (χ2v) is 4.36. The quantitative estimate of drug-likeness (QED) is 0.698. The van der Waals surface area contributed by atoms with Crippen LogP contribution in [-0.4, -0.2) is 36.0 Å². The summed E-state index contributed by atoms with van der Waals surface area (Å²) in [5.74, 6) is -0.0310. The van der Waals surface area contributed by atoms with Crippen molar-refractivity contribution >= 4 is 5.91 Å². The molecule has 1 N–H and O–H groups in total. The third kappa shape index (κ3) is 2.46. The van der Waals surface area contributed by atoms with Crippen molar-refractivity contribution in [3.8, 4) is 6.07 Å². The number of nitrogens with zero attached hydrogens (tertiary/aromatic N) is 2. The zero-order chi connectivity index (χ0) is 10.8. The number of rotatable bonds is 2. The molecule has 1 atom stereocenters. The first-order valence-corrected chi connectivity index (χ1v) is 4.90. The van der Waals surface area contributed by atoms with Crippen LogP contribution in [0.1, 0.15) is 26.7 Å². The van der Waals surface area contributed by atoms with Gasteiger partial charge in [-0.1, -0.05) is 0 Å². The van der Waals surface area contributed by atoms with Gasteiger partial charge in [-0.05, 0) is 40.3 Å². The Morgan fingerprint density at radius 1 is 1.64 bits per heavy atom. The fourth-order valence-corrected chi connectivity index (χ4v) is 1.66. The number of carbonyl (C=O) groups excluding carboxylic acids is 1. The molecule has 0 aliphatic carbocycles. The molecule has 78 valence electrons. The number of likely N-dealkylation sites (tertiary alicyclic amines) is 1. The van der Waals surface area contributed by atoms with Gasteiger partial charge >= 0.3 is 0 Å². The number of nitrogens with one attached hydrogen (secondary N) is 1. The van der Waals surface area contributed by atoms with Crippen LogP contribution in [0.15, 0.2) is 0 Å². The minimum atomic E-state index is -0.763. The van der Waals surface area contributed by atoms with Crippen LogP contribution in [-0.2, 0) is 4.79 Å². The van der Waals surface area contributed by atoms with Crippen molar-refractivity contribution in [3.05, 3.63) is 0 Å². The highest BCUT2D eigenvalue weighted by atomic mass is 16.2. The van der Waals surface area contributed by atoms with Gasteiger partial charge in [-0.3, -0.25) is 9.69 Å². The zero-order valence-corrected chi connectivity index (χ0v) is 9.00. The van der Waals surface area contributed by atoms with E-state index in [9.17, 15) is 4.79 Å². The molecule has 1 aliphatic rings. The summed E-state index contributed by atoms with van der Waals surface area (Å²) in [5, 5.41) is 11.5. The van der Waals surface area contributed by atoms with Crippen molar-refractivity contribution in [1.29, 1.82) is 5.26 Å². The van der Waals surface area contributed by atoms with Crippen LogP contribution >= 0.6 is 0 Å². The summed E-state index contributed by atoms with van der Waals surface area (Å²) in [5.41, 5.74) is -0.763. The Morgan fingerprint density at radius 3 is 2.71 bits per heavy atom. The second kappa shape index (κ2) is 3.97. The van der Waals surface area contributed by atoms with E-state index >= 15 is 0 Å². The van der Waals surface area contributed by atoms with E-state index in [1.165, 1.54) is 0 Å². The molecule has 1 rings (SSSR count). The lowest BCUT2D eigenvalue weighted by molar-refractivity contribution is -0.126. The molecule has 0 aromatic rings. The summed E-state index contributed by atoms with van der Waals surface area (Å²) in [4.78, 5) is 13.8. The Morgan fingerprint density at radius 2 is 2.29 bits per heavy atom. The van der Waals surface area contributed by atoms with Gasteiger partial charge in [0.05, 0.1) is 12.1 Å². The van der Waals surface area contributed by atoms with Crippen LogP contribution in [0.2, 0.25) is 0 Å². The van der Waals surface area contributed by atoms with Gasteiger partial charge in [-0.15, -0.1) is 0 Å². The van der Waals surface area contributed by atoms with Crippen LogP contribution in [0.5, 0.6) is 0 Å². The lowest BCUT2D eigenvalue weighted by Crippen LogP contribution is -2.49. The highest BCUT2D eigenvalue weighted by Crippen LogP contribution is 2.15. The monoisotopic (exact) mass is 195 g/mol. The molecule has 1 unspecified atom stereocenters. The minimum absolute atomic E-state index is 0.0310. The van der Waals surface area contributed by atoms with E-state index in [1.807, 2.05) is 11.9 Å². The smallest absolute Gasteiger partial charge is 0.238 e. The zero-order valence-electron chi connectivity index (χ0n) is 9.00. The maximum Gasteiger partial charge on any atom is 0.238 e. The Kier molecular flexibility index (Phi) is 3.12. The van der Waals surface area contributed by atoms with E-state index in [2.05, 4.69) is 11.4 Å². The summed E-state index contributed by atoms with van der Waals surface area (Å²) in [7, 11) is 1.94. The molecular weight excluding hydrogens is 178 g/mol. The van der Waals surface area contributed by atoms with E-state index in [0.29, 0.717) is 0 Å². The maximum atomic E-state index is 11.7. The predicted molar refractivity (Wildman–Crippen MR) is 53.5 cm³/mol. The predicted octanol–water partition coefficient (Wildman–Crippen LogP) is 0.499. The molecule has 0 aromatic carbocycles. The van der Waals surface area contributed by atoms with Crippen LogP contribution in [0.3, 0.4) is 0 Å². The van der Waals surface area contributed by atoms with E-state index in [0.717, 1.165) is 19.4 Å². The Labute approximate surface area is 84.9 Å². The van der Waals surface area contributed by atoms with Crippen molar-refractivity contribution in [1.82, 2.24) is 10.2 Å². The standard InChI is InChI=1S/C10H17N3O/c1-10(2,7-11)12-9(14)8-5-4-6-13(8)3/h8H,4-6H2,1-3H3,(H,12,14). The van der Waals surface area contributed by atoms with E-state index in [-0.39, 0.29) is 11.9 Å². The average molecular weight is 195 g/mol. The van der Waals surface area contributed by atoms with Crippen molar-refractivity contribution in [2.24, 2.45) is 0 Å². The van der Waals surface area contributed by atoms with Crippen molar-refractivity contribution in [2.75, 3.05) is 13.6 Å². The Balaban J connectivity index is 2.55. The number of nitriles is 1. The molecule has 14 heavy (non-hydrogen) atoms. The minimum Gasteiger partial charge on any atom is -0.337 e. The van der Waals surface area contributed by atoms with E-state index < -0.39 is 5.54 Å². The number of hydrogen-bond donors (Lipinski definition) is 1. The topological polar surface area (TPSA) is 56.1 Å². The van der Waals surface area contributed by atoms with Crippen molar-refractivity contribution < 1.29 is 4.79 Å². The molecule has 0 aromatic heterocycles. The highest BCUT2D eigenvalue weighted by Gasteiger charge is 2.31. The number of carbonyl (C=O) groups is 1. The molecular formula is C10H17N3O. The van der Waals surface area contributed by atoms with Gasteiger partial charge in [0.1, 0.15) is 5.54 Å². The lowest BCUT2D eigenvalue weighted by Gasteiger charge is -2.23. The largest absolute Gasteiger partial charge is 0.337 e. The van der Waals surface area contributed by atoms with Crippen molar-refractivity contribution in [2.45, 2.75) is 38.3 Å². The summed E-state index contributed by atoms with van der Waals surface area (Å²) in [6, 6.07) is 2.01. The summed E-state index contributed by atoms with van der Waals surface area (Å²) in [6.07, 6.45) is 1.95. The molecule has 0 bridgehead atoms. The van der Waals surface area contributed by atoms with Gasteiger partial charge in [-0.25, -0.2) is 0 Å². The SMILES string of the molecule is CN1CCCC1C(=O)NC(C)(C)C#N. The van der Waals surface area contributed by atoms with Crippen molar-refractivity contribution in [3.63, 3.8) is 0 Å². The summed E-state index contributed by atoms with van der Waals surface area (Å²) >= 11 is 0. The number of amides is 1. The number of hydrogen-bond acceptors (Lipinski definition) is 3. The third-order valence-corrected chi connectivity index (χ3v) is 2.54. The van der Waals surface area contributed by atoms with E-state index in [1.54, 1.807) is 13.8 Å². The molecule has 1 heterocycles. The molecule has 1 aliphatic heterocycles. The van der Waals surface area contributed by atoms with Gasteiger partial charge in [0, 0.05) is 0 Å². The van der Waals surface area contributed by atoms with Crippen LogP contribution < -0.4 is 5.32 Å². The molecule has 0 saturated carbocycles. The third-order valence-electron chi connectivity index (χ3n) is 2.54. The summed E-state index contributed by atoms with van der Waals surface area (Å²) in [6.45, 7) is 4.38. The molecule has 4 nitrogen and oxygen atoms in total. The second-order valence-electron chi connectivity index (χ2n) is 4.36. The molecule has 1 saturated heterocycles. The summed E-state index contributed by atoms with van der Waals surface area (Å²) < 4.78 is 0. The Bertz CT molecular complexity index is 267. The van der Waals surface area contributed by atoms with E-state index in [4.69, 9.17) is 5.26 Å². The highest BCUT2D eigenvalue weighted by molar-refractivity contribution is 5.83. The van der Waals surface area contributed by atoms with Gasteiger partial charge in [-0.2, -0.15) is 5.26 Å². The normalized spacial score (nSPS) is 23.1. The first-order valence-electron chi connectivity index (χ1n) is 4.90. The fourth-order valence-electron chi connectivity index (χ4n) is 1.66. The van der Waals surface area contributed by atoms with Gasteiger partial charge in [0.15, 0.2) is 0 Å². The van der Waals surface area contributed by atoms with Crippen LogP contribution in [0.4, 0.5) is 0 Å². The molecule has 0 radical (unpaired) electrons. The first-order chi connectivity index (χ1) is 6.46.